The fourth-order valence-corrected chi connectivity index (χ4v) is 1.67. The van der Waals surface area contributed by atoms with E-state index in [4.69, 9.17) is 5.73 Å². The molecule has 1 atom stereocenters. The quantitative estimate of drug-likeness (QED) is 0.400. The fourth-order valence-electron chi connectivity index (χ4n) is 1.67. The summed E-state index contributed by atoms with van der Waals surface area (Å²) in [5.41, 5.74) is 3.50. The predicted octanol–water partition coefficient (Wildman–Crippen LogP) is 1.74. The second-order valence-electron chi connectivity index (χ2n) is 4.84. The molecule has 0 saturated heterocycles. The zero-order chi connectivity index (χ0) is 17.6. The maximum absolute atomic E-state index is 12.6. The van der Waals surface area contributed by atoms with Gasteiger partial charge in [-0.15, -0.1) is 0 Å². The number of nitrogens with one attached hydrogen (secondary N) is 2. The molecular weight excluding hydrogens is 317 g/mol. The zero-order valence-corrected chi connectivity index (χ0v) is 12.3. The smallest absolute Gasteiger partial charge is 0.378 e. The minimum absolute atomic E-state index is 0.0517. The van der Waals surface area contributed by atoms with Crippen LogP contribution >= 0.6 is 0 Å². The van der Waals surface area contributed by atoms with Gasteiger partial charge in [-0.05, 0) is 12.1 Å². The molecule has 0 spiro atoms. The third-order valence-corrected chi connectivity index (χ3v) is 3.06. The molecule has 4 N–H and O–H groups in total. The molecule has 1 aromatic carbocycles. The topological polar surface area (TPSA) is 110 Å². The van der Waals surface area contributed by atoms with Gasteiger partial charge in [0.05, 0.1) is 10.5 Å². The monoisotopic (exact) mass is 334 g/mol. The Labute approximate surface area is 130 Å². The highest BCUT2D eigenvalue weighted by Crippen LogP contribution is 2.34. The van der Waals surface area contributed by atoms with Crippen LogP contribution in [0.4, 0.5) is 24.5 Å². The number of amides is 1. The van der Waals surface area contributed by atoms with Crippen molar-refractivity contribution in [3.8, 4) is 0 Å². The maximum atomic E-state index is 12.6. The van der Waals surface area contributed by atoms with Crippen molar-refractivity contribution >= 4 is 17.3 Å². The SMILES string of the molecule is CC(CN)C(=O)NCCNc1ccc(C(F)(F)F)cc1[N+](=O)[O-]. The van der Waals surface area contributed by atoms with Crippen molar-refractivity contribution in [1.82, 2.24) is 5.32 Å². The van der Waals surface area contributed by atoms with Gasteiger partial charge in [0.15, 0.2) is 0 Å². The summed E-state index contributed by atoms with van der Waals surface area (Å²) < 4.78 is 37.7. The molecular formula is C13H17F3N4O3. The van der Waals surface area contributed by atoms with Gasteiger partial charge in [0.1, 0.15) is 5.69 Å². The van der Waals surface area contributed by atoms with Crippen molar-refractivity contribution in [1.29, 1.82) is 0 Å². The molecule has 10 heteroatoms. The summed E-state index contributed by atoms with van der Waals surface area (Å²) in [7, 11) is 0. The van der Waals surface area contributed by atoms with Crippen LogP contribution in [-0.2, 0) is 11.0 Å². The summed E-state index contributed by atoms with van der Waals surface area (Å²) in [4.78, 5) is 21.5. The molecule has 0 bridgehead atoms. The molecule has 0 aliphatic rings. The van der Waals surface area contributed by atoms with Gasteiger partial charge in [-0.2, -0.15) is 13.2 Å². The molecule has 0 aromatic heterocycles. The average Bonchev–Trinajstić information content (AvgIpc) is 2.49. The second-order valence-corrected chi connectivity index (χ2v) is 4.84. The van der Waals surface area contributed by atoms with E-state index >= 15 is 0 Å². The largest absolute Gasteiger partial charge is 0.416 e. The number of carbonyl (C=O) groups excluding carboxylic acids is 1. The number of hydrogen-bond donors (Lipinski definition) is 3. The summed E-state index contributed by atoms with van der Waals surface area (Å²) in [6, 6.07) is 2.22. The Hall–Kier alpha value is -2.36. The Bertz CT molecular complexity index is 578. The van der Waals surface area contributed by atoms with Crippen molar-refractivity contribution in [3.63, 3.8) is 0 Å². The molecule has 0 aliphatic heterocycles. The van der Waals surface area contributed by atoms with Gasteiger partial charge in [-0.3, -0.25) is 14.9 Å². The van der Waals surface area contributed by atoms with E-state index in [1.54, 1.807) is 6.92 Å². The summed E-state index contributed by atoms with van der Waals surface area (Å²) in [6.07, 6.45) is -4.66. The number of carbonyl (C=O) groups is 1. The van der Waals surface area contributed by atoms with Crippen molar-refractivity contribution in [2.45, 2.75) is 13.1 Å². The Morgan fingerprint density at radius 3 is 2.57 bits per heavy atom. The fraction of sp³-hybridized carbons (Fsp3) is 0.462. The first-order valence-corrected chi connectivity index (χ1v) is 6.74. The van der Waals surface area contributed by atoms with Crippen LogP contribution in [0.25, 0.3) is 0 Å². The molecule has 0 saturated carbocycles. The first kappa shape index (κ1) is 18.7. The molecule has 0 radical (unpaired) electrons. The van der Waals surface area contributed by atoms with Gasteiger partial charge in [0.2, 0.25) is 5.91 Å². The van der Waals surface area contributed by atoms with Crippen molar-refractivity contribution in [3.05, 3.63) is 33.9 Å². The lowest BCUT2D eigenvalue weighted by Crippen LogP contribution is -2.35. The number of hydrogen-bond acceptors (Lipinski definition) is 5. The molecule has 0 fully saturated rings. The molecule has 1 unspecified atom stereocenters. The van der Waals surface area contributed by atoms with Crippen LogP contribution in [0.15, 0.2) is 18.2 Å². The highest BCUT2D eigenvalue weighted by Gasteiger charge is 2.32. The van der Waals surface area contributed by atoms with Crippen LogP contribution < -0.4 is 16.4 Å². The molecule has 1 aromatic rings. The average molecular weight is 334 g/mol. The third-order valence-electron chi connectivity index (χ3n) is 3.06. The van der Waals surface area contributed by atoms with Crippen molar-refractivity contribution < 1.29 is 22.9 Å². The number of nitro groups is 1. The summed E-state index contributed by atoms with van der Waals surface area (Å²) >= 11 is 0. The van der Waals surface area contributed by atoms with Crippen LogP contribution in [0, 0.1) is 16.0 Å². The number of anilines is 1. The van der Waals surface area contributed by atoms with Crippen LogP contribution in [0.1, 0.15) is 12.5 Å². The number of alkyl halides is 3. The molecule has 1 rings (SSSR count). The molecule has 128 valence electrons. The molecule has 0 aliphatic carbocycles. The van der Waals surface area contributed by atoms with Gasteiger partial charge >= 0.3 is 6.18 Å². The molecule has 0 heterocycles. The number of rotatable bonds is 7. The zero-order valence-electron chi connectivity index (χ0n) is 12.3. The number of nitrogens with two attached hydrogens (primary N) is 1. The Morgan fingerprint density at radius 1 is 1.39 bits per heavy atom. The van der Waals surface area contributed by atoms with Gasteiger partial charge in [0, 0.05) is 31.6 Å². The van der Waals surface area contributed by atoms with E-state index in [0.29, 0.717) is 6.07 Å². The van der Waals surface area contributed by atoms with Crippen molar-refractivity contribution in [2.75, 3.05) is 25.0 Å². The highest BCUT2D eigenvalue weighted by molar-refractivity contribution is 5.78. The lowest BCUT2D eigenvalue weighted by molar-refractivity contribution is -0.384. The van der Waals surface area contributed by atoms with Gasteiger partial charge in [0.25, 0.3) is 5.69 Å². The highest BCUT2D eigenvalue weighted by atomic mass is 19.4. The van der Waals surface area contributed by atoms with E-state index in [9.17, 15) is 28.1 Å². The summed E-state index contributed by atoms with van der Waals surface area (Å²) in [5, 5.41) is 16.1. The maximum Gasteiger partial charge on any atom is 0.416 e. The van der Waals surface area contributed by atoms with Crippen LogP contribution in [0.3, 0.4) is 0 Å². The van der Waals surface area contributed by atoms with E-state index in [2.05, 4.69) is 10.6 Å². The number of nitro benzene ring substituents is 1. The van der Waals surface area contributed by atoms with E-state index in [-0.39, 0.29) is 37.1 Å². The number of nitrogens with zero attached hydrogens (tertiary/aromatic N) is 1. The molecule has 23 heavy (non-hydrogen) atoms. The molecule has 1 amide bonds. The van der Waals surface area contributed by atoms with E-state index in [1.165, 1.54) is 0 Å². The third kappa shape index (κ3) is 5.40. The van der Waals surface area contributed by atoms with Crippen LogP contribution in [0.2, 0.25) is 0 Å². The van der Waals surface area contributed by atoms with E-state index < -0.39 is 22.4 Å². The minimum atomic E-state index is -4.66. The van der Waals surface area contributed by atoms with Crippen LogP contribution in [-0.4, -0.2) is 30.5 Å². The van der Waals surface area contributed by atoms with Gasteiger partial charge in [-0.1, -0.05) is 6.92 Å². The Balaban J connectivity index is 2.70. The standard InChI is InChI=1S/C13H17F3N4O3/c1-8(7-17)12(21)19-5-4-18-10-3-2-9(13(14,15)16)6-11(10)20(22)23/h2-3,6,8,18H,4-5,7,17H2,1H3,(H,19,21). The Kier molecular flexibility index (Phi) is 6.31. The van der Waals surface area contributed by atoms with Gasteiger partial charge < -0.3 is 16.4 Å². The Morgan fingerprint density at radius 2 is 2.04 bits per heavy atom. The second kappa shape index (κ2) is 7.77. The molecule has 7 nitrogen and oxygen atoms in total. The number of halogens is 3. The lowest BCUT2D eigenvalue weighted by Gasteiger charge is -2.12. The number of benzene rings is 1. The lowest BCUT2D eigenvalue weighted by atomic mass is 10.1. The normalized spacial score (nSPS) is 12.6. The first-order valence-electron chi connectivity index (χ1n) is 6.74. The van der Waals surface area contributed by atoms with E-state index in [0.717, 1.165) is 12.1 Å². The predicted molar refractivity (Wildman–Crippen MR) is 77.8 cm³/mol. The van der Waals surface area contributed by atoms with Gasteiger partial charge in [-0.25, -0.2) is 0 Å². The summed E-state index contributed by atoms with van der Waals surface area (Å²) in [5.74, 6) is -0.633. The first-order chi connectivity index (χ1) is 10.7. The van der Waals surface area contributed by atoms with E-state index in [1.807, 2.05) is 0 Å². The van der Waals surface area contributed by atoms with Crippen molar-refractivity contribution in [2.24, 2.45) is 11.7 Å². The van der Waals surface area contributed by atoms with Crippen LogP contribution in [0.5, 0.6) is 0 Å². The minimum Gasteiger partial charge on any atom is -0.378 e. The summed E-state index contributed by atoms with van der Waals surface area (Å²) in [6.45, 7) is 2.10.